The lowest BCUT2D eigenvalue weighted by Crippen LogP contribution is -2.62. The Hall–Kier alpha value is -3.08. The zero-order valence-corrected chi connectivity index (χ0v) is 19.2. The number of hydrogen-bond donors (Lipinski definition) is 0. The number of carbonyl (C=O) groups excluding carboxylic acids is 3. The van der Waals surface area contributed by atoms with Gasteiger partial charge in [-0.15, -0.1) is 0 Å². The summed E-state index contributed by atoms with van der Waals surface area (Å²) in [4.78, 5) is 41.7. The van der Waals surface area contributed by atoms with Crippen molar-refractivity contribution in [2.45, 2.75) is 58.8 Å². The lowest BCUT2D eigenvalue weighted by atomic mass is 9.66. The van der Waals surface area contributed by atoms with Crippen LogP contribution in [0.2, 0.25) is 0 Å². The topological polar surface area (TPSA) is 99.9 Å². The van der Waals surface area contributed by atoms with E-state index in [0.29, 0.717) is 25.9 Å². The third-order valence-electron chi connectivity index (χ3n) is 6.20. The molecule has 1 aromatic carbocycles. The Morgan fingerprint density at radius 3 is 2.34 bits per heavy atom. The molecule has 2 atom stereocenters. The smallest absolute Gasteiger partial charge is 0.410 e. The van der Waals surface area contributed by atoms with E-state index in [1.807, 2.05) is 30.3 Å². The van der Waals surface area contributed by atoms with Crippen molar-refractivity contribution in [2.24, 2.45) is 11.3 Å². The second kappa shape index (κ2) is 9.19. The highest BCUT2D eigenvalue weighted by Crippen LogP contribution is 2.41. The summed E-state index contributed by atoms with van der Waals surface area (Å²) in [6.45, 7) is 8.09. The first-order chi connectivity index (χ1) is 15.1. The fourth-order valence-electron chi connectivity index (χ4n) is 4.32. The number of ether oxygens (including phenoxy) is 2. The summed E-state index contributed by atoms with van der Waals surface area (Å²) in [5, 5.41) is 9.69. The van der Waals surface area contributed by atoms with Gasteiger partial charge in [0, 0.05) is 19.6 Å². The van der Waals surface area contributed by atoms with E-state index in [0.717, 1.165) is 5.56 Å². The van der Waals surface area contributed by atoms with E-state index in [1.54, 1.807) is 32.6 Å². The second-order valence-corrected chi connectivity index (χ2v) is 9.63. The van der Waals surface area contributed by atoms with Gasteiger partial charge in [-0.2, -0.15) is 5.26 Å². The maximum atomic E-state index is 13.3. The molecular formula is C24H31N3O5. The SMILES string of the molecule is C[C@H]1C(C#N)C(=O)C2(CCN(C(=O)OC(C)(C)C)CC2)CN1C(=O)OCc1ccccc1. The van der Waals surface area contributed by atoms with Gasteiger partial charge in [0.05, 0.1) is 17.5 Å². The zero-order valence-electron chi connectivity index (χ0n) is 19.2. The molecule has 0 radical (unpaired) electrons. The molecule has 3 rings (SSSR count). The monoisotopic (exact) mass is 441 g/mol. The first-order valence-electron chi connectivity index (χ1n) is 11.0. The number of ketones is 1. The third kappa shape index (κ3) is 5.04. The highest BCUT2D eigenvalue weighted by Gasteiger charge is 2.54. The van der Waals surface area contributed by atoms with Crippen LogP contribution in [0.5, 0.6) is 0 Å². The number of likely N-dealkylation sites (tertiary alicyclic amines) is 2. The average molecular weight is 442 g/mol. The number of carbonyl (C=O) groups is 3. The summed E-state index contributed by atoms with van der Waals surface area (Å²) in [5.74, 6) is -1.08. The maximum Gasteiger partial charge on any atom is 0.410 e. The third-order valence-corrected chi connectivity index (χ3v) is 6.20. The van der Waals surface area contributed by atoms with Crippen LogP contribution < -0.4 is 0 Å². The average Bonchev–Trinajstić information content (AvgIpc) is 2.75. The van der Waals surface area contributed by atoms with E-state index < -0.39 is 35.2 Å². The summed E-state index contributed by atoms with van der Waals surface area (Å²) in [7, 11) is 0. The van der Waals surface area contributed by atoms with Crippen LogP contribution in [0.15, 0.2) is 30.3 Å². The second-order valence-electron chi connectivity index (χ2n) is 9.63. The van der Waals surface area contributed by atoms with Crippen molar-refractivity contribution in [3.05, 3.63) is 35.9 Å². The number of nitriles is 1. The predicted octanol–water partition coefficient (Wildman–Crippen LogP) is 3.75. The molecule has 2 heterocycles. The molecule has 2 aliphatic heterocycles. The highest BCUT2D eigenvalue weighted by atomic mass is 16.6. The van der Waals surface area contributed by atoms with Gasteiger partial charge in [0.2, 0.25) is 0 Å². The molecule has 32 heavy (non-hydrogen) atoms. The quantitative estimate of drug-likeness (QED) is 0.693. The molecule has 1 aromatic rings. The Kier molecular flexibility index (Phi) is 6.77. The zero-order chi connectivity index (χ0) is 23.5. The van der Waals surface area contributed by atoms with Crippen LogP contribution in [-0.2, 0) is 20.9 Å². The summed E-state index contributed by atoms with van der Waals surface area (Å²) in [6.07, 6.45) is -0.209. The van der Waals surface area contributed by atoms with E-state index in [2.05, 4.69) is 6.07 Å². The molecule has 0 bridgehead atoms. The van der Waals surface area contributed by atoms with Gasteiger partial charge in [-0.1, -0.05) is 30.3 Å². The van der Waals surface area contributed by atoms with E-state index in [-0.39, 0.29) is 18.9 Å². The molecule has 0 saturated carbocycles. The number of Topliss-reactive ketones (excluding diaryl/α,β-unsaturated/α-hetero) is 1. The molecule has 2 fully saturated rings. The van der Waals surface area contributed by atoms with Gasteiger partial charge in [-0.25, -0.2) is 9.59 Å². The Labute approximate surface area is 189 Å². The molecule has 2 aliphatic rings. The first-order valence-corrected chi connectivity index (χ1v) is 11.0. The van der Waals surface area contributed by atoms with Crippen molar-refractivity contribution in [1.82, 2.24) is 9.80 Å². The van der Waals surface area contributed by atoms with Gasteiger partial charge < -0.3 is 19.3 Å². The van der Waals surface area contributed by atoms with Gasteiger partial charge in [0.25, 0.3) is 0 Å². The van der Waals surface area contributed by atoms with Crippen molar-refractivity contribution < 1.29 is 23.9 Å². The molecular weight excluding hydrogens is 410 g/mol. The molecule has 172 valence electrons. The number of piperidine rings is 2. The number of benzene rings is 1. The minimum absolute atomic E-state index is 0.119. The molecule has 2 amide bonds. The fraction of sp³-hybridized carbons (Fsp3) is 0.583. The van der Waals surface area contributed by atoms with Crippen molar-refractivity contribution >= 4 is 18.0 Å². The molecule has 2 saturated heterocycles. The van der Waals surface area contributed by atoms with Crippen LogP contribution in [0.25, 0.3) is 0 Å². The van der Waals surface area contributed by atoms with Crippen LogP contribution >= 0.6 is 0 Å². The van der Waals surface area contributed by atoms with Crippen LogP contribution in [0.4, 0.5) is 9.59 Å². The molecule has 0 aromatic heterocycles. The van der Waals surface area contributed by atoms with E-state index >= 15 is 0 Å². The summed E-state index contributed by atoms with van der Waals surface area (Å²) in [6, 6.07) is 10.9. The van der Waals surface area contributed by atoms with Crippen molar-refractivity contribution in [3.63, 3.8) is 0 Å². The van der Waals surface area contributed by atoms with Crippen LogP contribution in [0.1, 0.15) is 46.1 Å². The summed E-state index contributed by atoms with van der Waals surface area (Å²) in [5.41, 5.74) is -0.608. The standard InChI is InChI=1S/C24H31N3O5/c1-17-19(14-25)20(28)24(10-12-26(13-11-24)21(29)32-23(2,3)4)16-27(17)22(30)31-15-18-8-6-5-7-9-18/h5-9,17,19H,10-13,15-16H2,1-4H3/t17-,19?/m0/s1. The van der Waals surface area contributed by atoms with E-state index in [4.69, 9.17) is 9.47 Å². The summed E-state index contributed by atoms with van der Waals surface area (Å²) < 4.78 is 10.9. The van der Waals surface area contributed by atoms with Gasteiger partial charge in [-0.3, -0.25) is 4.79 Å². The van der Waals surface area contributed by atoms with Gasteiger partial charge in [0.15, 0.2) is 5.78 Å². The molecule has 0 N–H and O–H groups in total. The molecule has 0 aliphatic carbocycles. The van der Waals surface area contributed by atoms with Crippen LogP contribution in [0.3, 0.4) is 0 Å². The Balaban J connectivity index is 1.71. The molecule has 1 spiro atoms. The number of nitrogens with zero attached hydrogens (tertiary/aromatic N) is 3. The van der Waals surface area contributed by atoms with Crippen molar-refractivity contribution in [1.29, 1.82) is 5.26 Å². The van der Waals surface area contributed by atoms with E-state index in [1.165, 1.54) is 4.90 Å². The first kappa shape index (κ1) is 23.6. The number of amides is 2. The molecule has 8 heteroatoms. The lowest BCUT2D eigenvalue weighted by molar-refractivity contribution is -0.142. The Morgan fingerprint density at radius 2 is 1.78 bits per heavy atom. The maximum absolute atomic E-state index is 13.3. The minimum atomic E-state index is -0.930. The predicted molar refractivity (Wildman–Crippen MR) is 116 cm³/mol. The van der Waals surface area contributed by atoms with Crippen molar-refractivity contribution in [3.8, 4) is 6.07 Å². The fourth-order valence-corrected chi connectivity index (χ4v) is 4.32. The normalized spacial score (nSPS) is 22.9. The van der Waals surface area contributed by atoms with Crippen molar-refractivity contribution in [2.75, 3.05) is 19.6 Å². The minimum Gasteiger partial charge on any atom is -0.445 e. The molecule has 1 unspecified atom stereocenters. The molecule has 8 nitrogen and oxygen atoms in total. The van der Waals surface area contributed by atoms with Gasteiger partial charge >= 0.3 is 12.2 Å². The van der Waals surface area contributed by atoms with Crippen LogP contribution in [-0.4, -0.2) is 59.0 Å². The van der Waals surface area contributed by atoms with Crippen LogP contribution in [0, 0.1) is 22.7 Å². The number of hydrogen-bond acceptors (Lipinski definition) is 6. The van der Waals surface area contributed by atoms with Gasteiger partial charge in [0.1, 0.15) is 18.1 Å². The summed E-state index contributed by atoms with van der Waals surface area (Å²) >= 11 is 0. The highest BCUT2D eigenvalue weighted by molar-refractivity contribution is 5.92. The number of rotatable bonds is 2. The lowest BCUT2D eigenvalue weighted by Gasteiger charge is -2.49. The Bertz CT molecular complexity index is 894. The Morgan fingerprint density at radius 1 is 1.16 bits per heavy atom. The largest absolute Gasteiger partial charge is 0.445 e. The van der Waals surface area contributed by atoms with E-state index in [9.17, 15) is 19.6 Å². The van der Waals surface area contributed by atoms with Gasteiger partial charge in [-0.05, 0) is 46.1 Å².